The Morgan fingerprint density at radius 2 is 1.69 bits per heavy atom. The summed E-state index contributed by atoms with van der Waals surface area (Å²) in [5.41, 5.74) is -2.28. The Hall–Kier alpha value is -2.40. The number of fused-ring (bicyclic) bond motifs is 2. The van der Waals surface area contributed by atoms with Crippen molar-refractivity contribution in [1.82, 2.24) is 0 Å². The molecule has 7 fully saturated rings. The molecule has 0 amide bonds. The first-order chi connectivity index (χ1) is 22.3. The third-order valence-electron chi connectivity index (χ3n) is 13.6. The van der Waals surface area contributed by atoms with Crippen LogP contribution in [0.2, 0.25) is 0 Å². The molecule has 8 atom stereocenters. The molecular formula is C38H50O9S. The summed E-state index contributed by atoms with van der Waals surface area (Å²) in [6.45, 7) is 14.2. The highest BCUT2D eigenvalue weighted by Gasteiger charge is 2.88. The first-order valence-electron chi connectivity index (χ1n) is 17.7. The molecule has 0 aromatic heterocycles. The number of rotatable bonds is 5. The molecule has 8 rings (SSSR count). The predicted octanol–water partition coefficient (Wildman–Crippen LogP) is 4.71. The normalized spacial score (nSPS) is 41.9. The molecule has 2 saturated heterocycles. The van der Waals surface area contributed by atoms with E-state index in [4.69, 9.17) is 9.47 Å². The minimum absolute atomic E-state index is 0.00331. The summed E-state index contributed by atoms with van der Waals surface area (Å²) in [6.07, 6.45) is 1.07. The summed E-state index contributed by atoms with van der Waals surface area (Å²) in [5.74, 6) is -5.82. The molecule has 0 radical (unpaired) electrons. The quantitative estimate of drug-likeness (QED) is 0.333. The Balaban J connectivity index is 1.10. The molecule has 262 valence electrons. The number of carbonyl (C=O) groups excluding carboxylic acids is 3. The lowest BCUT2D eigenvalue weighted by Gasteiger charge is -2.73. The Kier molecular flexibility index (Phi) is 7.67. The Morgan fingerprint density at radius 1 is 1.04 bits per heavy atom. The molecule has 48 heavy (non-hydrogen) atoms. The van der Waals surface area contributed by atoms with Gasteiger partial charge < -0.3 is 19.7 Å². The summed E-state index contributed by atoms with van der Waals surface area (Å²) in [6, 6.07) is 7.08. The van der Waals surface area contributed by atoms with Crippen LogP contribution in [0.25, 0.3) is 0 Å². The van der Waals surface area contributed by atoms with Gasteiger partial charge in [-0.2, -0.15) is 0 Å². The van der Waals surface area contributed by atoms with Crippen LogP contribution in [0.1, 0.15) is 91.5 Å². The smallest absolute Gasteiger partial charge is 0.309 e. The largest absolute Gasteiger partial charge is 0.460 e. The van der Waals surface area contributed by atoms with E-state index in [2.05, 4.69) is 27.4 Å². The Morgan fingerprint density at radius 3 is 2.31 bits per heavy atom. The van der Waals surface area contributed by atoms with Gasteiger partial charge in [-0.1, -0.05) is 53.3 Å². The van der Waals surface area contributed by atoms with E-state index in [1.165, 1.54) is 0 Å². The van der Waals surface area contributed by atoms with Gasteiger partial charge in [0.15, 0.2) is 15.6 Å². The van der Waals surface area contributed by atoms with E-state index in [9.17, 15) is 33.0 Å². The van der Waals surface area contributed by atoms with Gasteiger partial charge in [0.2, 0.25) is 5.79 Å². The van der Waals surface area contributed by atoms with Crippen LogP contribution < -0.4 is 0 Å². The van der Waals surface area contributed by atoms with Crippen molar-refractivity contribution in [1.29, 1.82) is 0 Å². The maximum atomic E-state index is 14.3. The molecule has 10 heteroatoms. The van der Waals surface area contributed by atoms with Gasteiger partial charge in [-0.25, -0.2) is 8.42 Å². The van der Waals surface area contributed by atoms with Crippen LogP contribution in [0.15, 0.2) is 41.3 Å². The van der Waals surface area contributed by atoms with Crippen molar-refractivity contribution in [2.75, 3.05) is 12.4 Å². The molecule has 1 aromatic carbocycles. The van der Waals surface area contributed by atoms with Crippen molar-refractivity contribution in [3.05, 3.63) is 42.0 Å². The number of ketones is 2. The number of aliphatic hydroxyl groups excluding tert-OH is 1. The van der Waals surface area contributed by atoms with E-state index >= 15 is 0 Å². The van der Waals surface area contributed by atoms with Crippen molar-refractivity contribution in [3.63, 3.8) is 0 Å². The second kappa shape index (κ2) is 10.8. The molecule has 2 heterocycles. The van der Waals surface area contributed by atoms with Crippen LogP contribution in [0.5, 0.6) is 0 Å². The molecule has 2 N–H and O–H groups in total. The summed E-state index contributed by atoms with van der Waals surface area (Å²) in [7, 11) is -3.51. The fourth-order valence-electron chi connectivity index (χ4n) is 11.1. The summed E-state index contributed by atoms with van der Waals surface area (Å²) < 4.78 is 38.9. The number of ether oxygens (including phenoxy) is 2. The van der Waals surface area contributed by atoms with E-state index in [1.54, 1.807) is 12.1 Å². The van der Waals surface area contributed by atoms with Crippen molar-refractivity contribution in [3.8, 4) is 0 Å². The second-order valence-electron chi connectivity index (χ2n) is 17.5. The first-order valence-corrected chi connectivity index (χ1v) is 19.3. The Labute approximate surface area is 283 Å². The Bertz CT molecular complexity index is 1660. The van der Waals surface area contributed by atoms with E-state index < -0.39 is 79.5 Å². The van der Waals surface area contributed by atoms with Crippen molar-refractivity contribution in [2.45, 2.75) is 114 Å². The van der Waals surface area contributed by atoms with Crippen LogP contribution in [-0.4, -0.2) is 66.5 Å². The summed E-state index contributed by atoms with van der Waals surface area (Å²) in [5, 5.41) is 24.3. The monoisotopic (exact) mass is 682 g/mol. The lowest BCUT2D eigenvalue weighted by atomic mass is 9.36. The fraction of sp³-hybridized carbons (Fsp3) is 0.711. The molecular weight excluding hydrogens is 632 g/mol. The van der Waals surface area contributed by atoms with Crippen LogP contribution in [0.3, 0.4) is 0 Å². The zero-order chi connectivity index (χ0) is 34.8. The highest BCUT2D eigenvalue weighted by Crippen LogP contribution is 2.76. The van der Waals surface area contributed by atoms with Crippen molar-refractivity contribution >= 4 is 27.4 Å². The number of hydrogen-bond donors (Lipinski definition) is 2. The molecule has 9 nitrogen and oxygen atoms in total. The molecule has 0 unspecified atom stereocenters. The maximum absolute atomic E-state index is 14.3. The topological polar surface area (TPSA) is 144 Å². The average molecular weight is 683 g/mol. The van der Waals surface area contributed by atoms with Gasteiger partial charge in [0.25, 0.3) is 0 Å². The molecule has 7 aliphatic rings. The number of carbonyl (C=O) groups is 3. The van der Waals surface area contributed by atoms with E-state index in [0.717, 1.165) is 5.56 Å². The predicted molar refractivity (Wildman–Crippen MR) is 176 cm³/mol. The molecule has 5 aliphatic carbocycles. The summed E-state index contributed by atoms with van der Waals surface area (Å²) in [4.78, 5) is 42.5. The number of sulfone groups is 1. The van der Waals surface area contributed by atoms with Crippen LogP contribution in [-0.2, 0) is 39.1 Å². The number of Topliss-reactive ketones (excluding diaryl/α,β-unsaturated/α-hetero) is 2. The molecule has 2 aliphatic heterocycles. The number of benzene rings is 1. The highest BCUT2D eigenvalue weighted by molar-refractivity contribution is 7.91. The summed E-state index contributed by atoms with van der Waals surface area (Å²) >= 11 is 0. The first kappa shape index (κ1) is 34.1. The van der Waals surface area contributed by atoms with Crippen molar-refractivity contribution in [2.24, 2.45) is 45.8 Å². The third-order valence-corrected chi connectivity index (χ3v) is 15.5. The maximum Gasteiger partial charge on any atom is 0.309 e. The van der Waals surface area contributed by atoms with Gasteiger partial charge in [-0.3, -0.25) is 14.4 Å². The molecule has 5 saturated carbocycles. The SMILES string of the molecule is C=C1C(=O)[C@]23[C@H](OC(=O)C4CCC(CS(=O)(=O)c5ccc(C(C)(C)C)cc5)CC4)[C@H]1CC[C@H]2[C@@]12CO[C@@]3(O)[C@@H](O)[C@@H]1C(C)(C)CCC2=O. The van der Waals surface area contributed by atoms with Crippen LogP contribution in [0.4, 0.5) is 0 Å². The van der Waals surface area contributed by atoms with Gasteiger partial charge in [-0.15, -0.1) is 0 Å². The zero-order valence-electron chi connectivity index (χ0n) is 28.8. The van der Waals surface area contributed by atoms with Crippen LogP contribution >= 0.6 is 0 Å². The number of hydrogen-bond acceptors (Lipinski definition) is 9. The average Bonchev–Trinajstić information content (AvgIpc) is 3.13. The number of aliphatic hydroxyl groups is 2. The van der Waals surface area contributed by atoms with Gasteiger partial charge in [-0.05, 0) is 90.9 Å². The van der Waals surface area contributed by atoms with Crippen molar-refractivity contribution < 1.29 is 42.5 Å². The second-order valence-corrected chi connectivity index (χ2v) is 19.5. The zero-order valence-corrected chi connectivity index (χ0v) is 29.6. The molecule has 4 bridgehead atoms. The van der Waals surface area contributed by atoms with Gasteiger partial charge in [0.05, 0.1) is 28.6 Å². The third kappa shape index (κ3) is 4.43. The molecule has 2 spiro atoms. The highest BCUT2D eigenvalue weighted by atomic mass is 32.2. The molecule has 1 aromatic rings. The van der Waals surface area contributed by atoms with E-state index in [0.29, 0.717) is 49.8 Å². The van der Waals surface area contributed by atoms with Crippen LogP contribution in [0, 0.1) is 45.8 Å². The number of esters is 1. The van der Waals surface area contributed by atoms with E-state index in [1.807, 2.05) is 26.0 Å². The van der Waals surface area contributed by atoms with Gasteiger partial charge >= 0.3 is 5.97 Å². The van der Waals surface area contributed by atoms with E-state index in [-0.39, 0.29) is 41.5 Å². The minimum Gasteiger partial charge on any atom is -0.460 e. The van der Waals surface area contributed by atoms with Gasteiger partial charge in [0.1, 0.15) is 23.4 Å². The lowest BCUT2D eigenvalue weighted by Crippen LogP contribution is -2.85. The fourth-order valence-corrected chi connectivity index (χ4v) is 12.8. The van der Waals surface area contributed by atoms with Gasteiger partial charge in [0, 0.05) is 18.3 Å². The lowest BCUT2D eigenvalue weighted by molar-refractivity contribution is -0.437. The minimum atomic E-state index is -3.51. The standard InChI is InChI=1S/C38H50O9S/c1-21-26-15-16-27-36-20-46-38(43,31(41)29(36)35(5,6)18-17-28(36)39)37(27,30(21)40)32(26)47-33(42)23-9-7-22(8-10-23)19-48(44,45)25-13-11-24(12-14-25)34(2,3)4/h11-14,22-23,26-27,29,31-32,41,43H,1,7-10,15-20H2,2-6H3/t22?,23?,26-,27-,29+,31-,32+,36+,37-,38-/m0/s1.